The molecule has 0 amide bonds. The van der Waals surface area contributed by atoms with Gasteiger partial charge in [-0.25, -0.2) is 8.42 Å². The Morgan fingerprint density at radius 1 is 1.28 bits per heavy atom. The molecule has 1 unspecified atom stereocenters. The van der Waals surface area contributed by atoms with E-state index in [0.29, 0.717) is 11.3 Å². The highest BCUT2D eigenvalue weighted by atomic mass is 32.2. The van der Waals surface area contributed by atoms with Crippen LogP contribution in [0.3, 0.4) is 0 Å². The summed E-state index contributed by atoms with van der Waals surface area (Å²) in [6, 6.07) is 6.42. The lowest BCUT2D eigenvalue weighted by molar-refractivity contribution is 0.185. The van der Waals surface area contributed by atoms with Crippen LogP contribution in [0.4, 0.5) is 5.69 Å². The summed E-state index contributed by atoms with van der Waals surface area (Å²) < 4.78 is 24.7. The van der Waals surface area contributed by atoms with Crippen molar-refractivity contribution in [3.63, 3.8) is 0 Å². The van der Waals surface area contributed by atoms with Crippen LogP contribution in [0, 0.1) is 0 Å². The van der Waals surface area contributed by atoms with Gasteiger partial charge in [0.2, 0.25) is 10.0 Å². The van der Waals surface area contributed by atoms with E-state index in [2.05, 4.69) is 0 Å². The molecule has 0 fully saturated rings. The lowest BCUT2D eigenvalue weighted by atomic mass is 10.1. The Bertz CT molecular complexity index is 483. The van der Waals surface area contributed by atoms with Crippen LogP contribution in [-0.2, 0) is 10.0 Å². The fourth-order valence-corrected chi connectivity index (χ4v) is 3.10. The molecule has 0 aromatic heterocycles. The molecule has 5 nitrogen and oxygen atoms in total. The second-order valence-electron chi connectivity index (χ2n) is 4.46. The average Bonchev–Trinajstić information content (AvgIpc) is 2.26. The van der Waals surface area contributed by atoms with Gasteiger partial charge in [0.05, 0.1) is 18.0 Å². The first kappa shape index (κ1) is 14.9. The van der Waals surface area contributed by atoms with Crippen LogP contribution in [0.5, 0.6) is 0 Å². The minimum atomic E-state index is -3.32. The van der Waals surface area contributed by atoms with Crippen LogP contribution in [0.2, 0.25) is 0 Å². The van der Waals surface area contributed by atoms with Crippen molar-refractivity contribution in [1.82, 2.24) is 5.73 Å². The number of hydrogen-bond donors (Lipinski definition) is 1. The Morgan fingerprint density at radius 2 is 1.78 bits per heavy atom. The topological polar surface area (TPSA) is 81.4 Å². The van der Waals surface area contributed by atoms with E-state index in [4.69, 9.17) is 5.73 Å². The van der Waals surface area contributed by atoms with E-state index < -0.39 is 16.1 Å². The summed E-state index contributed by atoms with van der Waals surface area (Å²) in [5.41, 5.74) is 8.28. The minimum absolute atomic E-state index is 0.112. The summed E-state index contributed by atoms with van der Waals surface area (Å²) in [6.45, 7) is 3.49. The van der Waals surface area contributed by atoms with Crippen LogP contribution in [0.15, 0.2) is 24.3 Å². The molecule has 1 aromatic carbocycles. The van der Waals surface area contributed by atoms with Crippen molar-refractivity contribution in [1.29, 1.82) is 0 Å². The summed E-state index contributed by atoms with van der Waals surface area (Å²) in [7, 11) is -3.32. The van der Waals surface area contributed by atoms with Crippen molar-refractivity contribution in [2.24, 2.45) is 0 Å². The molecule has 1 radical (unpaired) electrons. The van der Waals surface area contributed by atoms with Gasteiger partial charge in [-0.2, -0.15) is 0 Å². The van der Waals surface area contributed by atoms with Crippen molar-refractivity contribution in [2.75, 3.05) is 17.1 Å². The van der Waals surface area contributed by atoms with Gasteiger partial charge < -0.3 is 5.11 Å². The van der Waals surface area contributed by atoms with Crippen molar-refractivity contribution in [3.05, 3.63) is 29.8 Å². The molecule has 6 heteroatoms. The fraction of sp³-hybridized carbons (Fsp3) is 0.500. The lowest BCUT2D eigenvalue weighted by Crippen LogP contribution is -2.36. The summed E-state index contributed by atoms with van der Waals surface area (Å²) in [6.07, 6.45) is 0.337. The summed E-state index contributed by atoms with van der Waals surface area (Å²) in [4.78, 5) is 0. The second-order valence-corrected chi connectivity index (χ2v) is 6.32. The Kier molecular flexibility index (Phi) is 4.72. The Balaban J connectivity index is 3.10. The largest absolute Gasteiger partial charge is 0.387 e. The molecule has 101 valence electrons. The van der Waals surface area contributed by atoms with Gasteiger partial charge in [0.15, 0.2) is 0 Å². The number of nitrogens with zero attached hydrogens (tertiary/aromatic N) is 1. The molecule has 0 saturated heterocycles. The highest BCUT2D eigenvalue weighted by Gasteiger charge is 2.20. The number of aliphatic hydroxyl groups excluding tert-OH is 1. The van der Waals surface area contributed by atoms with Gasteiger partial charge in [-0.3, -0.25) is 10.0 Å². The van der Waals surface area contributed by atoms with Gasteiger partial charge >= 0.3 is 0 Å². The molecule has 0 aliphatic heterocycles. The van der Waals surface area contributed by atoms with E-state index in [1.807, 2.05) is 0 Å². The standard InChI is InChI=1S/C12H19N2O3S/c1-9(2)14(18(3,16)17)11-6-4-10(5-7-11)12(15)8-13/h4-7,9,12-13,15H,8H2,1-3H3. The van der Waals surface area contributed by atoms with E-state index in [1.54, 1.807) is 38.1 Å². The van der Waals surface area contributed by atoms with E-state index in [1.165, 1.54) is 10.6 Å². The Morgan fingerprint density at radius 3 is 2.11 bits per heavy atom. The molecule has 0 aliphatic carbocycles. The summed E-state index contributed by atoms with van der Waals surface area (Å²) >= 11 is 0. The van der Waals surface area contributed by atoms with Gasteiger partial charge in [-0.1, -0.05) is 12.1 Å². The third-order valence-electron chi connectivity index (χ3n) is 2.55. The maximum Gasteiger partial charge on any atom is 0.232 e. The first-order valence-corrected chi connectivity index (χ1v) is 7.54. The molecule has 18 heavy (non-hydrogen) atoms. The summed E-state index contributed by atoms with van der Waals surface area (Å²) in [5, 5.41) is 9.51. The van der Waals surface area contributed by atoms with Crippen LogP contribution in [0.25, 0.3) is 0 Å². The zero-order chi connectivity index (χ0) is 13.9. The minimum Gasteiger partial charge on any atom is -0.387 e. The number of rotatable bonds is 5. The van der Waals surface area contributed by atoms with Crippen molar-refractivity contribution in [3.8, 4) is 0 Å². The lowest BCUT2D eigenvalue weighted by Gasteiger charge is -2.26. The smallest absolute Gasteiger partial charge is 0.232 e. The van der Waals surface area contributed by atoms with Gasteiger partial charge in [0.1, 0.15) is 0 Å². The third kappa shape index (κ3) is 3.44. The van der Waals surface area contributed by atoms with Crippen LogP contribution < -0.4 is 10.0 Å². The zero-order valence-electron chi connectivity index (χ0n) is 10.8. The maximum absolute atomic E-state index is 11.7. The normalized spacial score (nSPS) is 13.7. The molecular formula is C12H19N2O3S. The highest BCUT2D eigenvalue weighted by Crippen LogP contribution is 2.23. The molecule has 2 N–H and O–H groups in total. The average molecular weight is 271 g/mol. The Hall–Kier alpha value is -1.11. The number of nitrogens with one attached hydrogen (secondary N) is 1. The van der Waals surface area contributed by atoms with Gasteiger partial charge in [-0.05, 0) is 31.5 Å². The molecule has 1 atom stereocenters. The molecule has 0 heterocycles. The Labute approximate surface area is 108 Å². The number of aliphatic hydroxyl groups is 1. The number of hydrogen-bond acceptors (Lipinski definition) is 3. The first-order chi connectivity index (χ1) is 8.27. The highest BCUT2D eigenvalue weighted by molar-refractivity contribution is 7.92. The van der Waals surface area contributed by atoms with Crippen molar-refractivity contribution >= 4 is 15.7 Å². The van der Waals surface area contributed by atoms with E-state index in [0.717, 1.165) is 0 Å². The van der Waals surface area contributed by atoms with Crippen LogP contribution in [-0.4, -0.2) is 32.4 Å². The van der Waals surface area contributed by atoms with E-state index >= 15 is 0 Å². The third-order valence-corrected chi connectivity index (χ3v) is 3.90. The predicted molar refractivity (Wildman–Crippen MR) is 71.8 cm³/mol. The van der Waals surface area contributed by atoms with Crippen LogP contribution >= 0.6 is 0 Å². The van der Waals surface area contributed by atoms with Crippen molar-refractivity contribution in [2.45, 2.75) is 26.0 Å². The summed E-state index contributed by atoms with van der Waals surface area (Å²) in [5.74, 6) is 0. The molecule has 1 rings (SSSR count). The maximum atomic E-state index is 11.7. The molecular weight excluding hydrogens is 252 g/mol. The van der Waals surface area contributed by atoms with Crippen molar-refractivity contribution < 1.29 is 13.5 Å². The monoisotopic (exact) mass is 271 g/mol. The van der Waals surface area contributed by atoms with E-state index in [9.17, 15) is 13.5 Å². The SMILES string of the molecule is CC(C)N(c1ccc(C(O)C[NH])cc1)S(C)(=O)=O. The van der Waals surface area contributed by atoms with Gasteiger partial charge in [0.25, 0.3) is 0 Å². The first-order valence-electron chi connectivity index (χ1n) is 5.69. The van der Waals surface area contributed by atoms with Gasteiger partial charge in [0, 0.05) is 12.6 Å². The molecule has 1 aromatic rings. The number of benzene rings is 1. The zero-order valence-corrected chi connectivity index (χ0v) is 11.6. The molecule has 0 spiro atoms. The number of sulfonamides is 1. The fourth-order valence-electron chi connectivity index (χ4n) is 1.83. The van der Waals surface area contributed by atoms with Gasteiger partial charge in [-0.15, -0.1) is 0 Å². The van der Waals surface area contributed by atoms with Crippen LogP contribution in [0.1, 0.15) is 25.5 Å². The van der Waals surface area contributed by atoms with E-state index in [-0.39, 0.29) is 12.6 Å². The molecule has 0 saturated carbocycles. The molecule has 0 aliphatic rings. The molecule has 0 bridgehead atoms. The predicted octanol–water partition coefficient (Wildman–Crippen LogP) is 1.18. The number of anilines is 1. The quantitative estimate of drug-likeness (QED) is 0.873. The second kappa shape index (κ2) is 5.69.